The molecule has 1 aromatic carbocycles. The summed E-state index contributed by atoms with van der Waals surface area (Å²) in [7, 11) is 0. The third-order valence-corrected chi connectivity index (χ3v) is 3.26. The van der Waals surface area contributed by atoms with Crippen LogP contribution in [0.3, 0.4) is 0 Å². The van der Waals surface area contributed by atoms with E-state index in [0.717, 1.165) is 25.3 Å². The fraction of sp³-hybridized carbons (Fsp3) is 0.462. The zero-order valence-electron chi connectivity index (χ0n) is 10.2. The Labute approximate surface area is 111 Å². The van der Waals surface area contributed by atoms with Crippen molar-refractivity contribution >= 4 is 17.4 Å². The molecule has 1 atom stereocenters. The molecule has 2 rings (SSSR count). The smallest absolute Gasteiger partial charge is 0.155 e. The van der Waals surface area contributed by atoms with Crippen molar-refractivity contribution in [1.82, 2.24) is 5.32 Å². The summed E-state index contributed by atoms with van der Waals surface area (Å²) >= 11 is 6.09. The average molecular weight is 271 g/mol. The molecule has 3 nitrogen and oxygen atoms in total. The Balaban J connectivity index is 2.16. The van der Waals surface area contributed by atoms with Gasteiger partial charge in [-0.1, -0.05) is 30.7 Å². The molecule has 0 amide bonds. The molecule has 0 aromatic heterocycles. The fourth-order valence-corrected chi connectivity index (χ4v) is 2.09. The van der Waals surface area contributed by atoms with E-state index in [-0.39, 0.29) is 6.10 Å². The Kier molecular flexibility index (Phi) is 4.42. The van der Waals surface area contributed by atoms with Crippen LogP contribution in [-0.4, -0.2) is 25.0 Å². The van der Waals surface area contributed by atoms with Gasteiger partial charge in [0.05, 0.1) is 11.6 Å². The second-order valence-corrected chi connectivity index (χ2v) is 4.45. The number of alkyl halides is 1. The van der Waals surface area contributed by atoms with E-state index in [9.17, 15) is 4.39 Å². The van der Waals surface area contributed by atoms with Crippen LogP contribution < -0.4 is 10.1 Å². The van der Waals surface area contributed by atoms with Gasteiger partial charge in [0.25, 0.3) is 0 Å². The topological polar surface area (TPSA) is 33.6 Å². The van der Waals surface area contributed by atoms with Crippen molar-refractivity contribution in [3.8, 4) is 5.75 Å². The molecule has 1 aliphatic heterocycles. The maximum Gasteiger partial charge on any atom is 0.155 e. The third-order valence-electron chi connectivity index (χ3n) is 2.83. The second kappa shape index (κ2) is 6.05. The van der Waals surface area contributed by atoms with Crippen molar-refractivity contribution < 1.29 is 9.13 Å². The maximum absolute atomic E-state index is 12.7. The summed E-state index contributed by atoms with van der Waals surface area (Å²) in [6.07, 6.45) is 0.627. The van der Waals surface area contributed by atoms with Gasteiger partial charge in [0.15, 0.2) is 6.10 Å². The number of aliphatic imine (C=N–C) groups is 1. The predicted octanol–water partition coefficient (Wildman–Crippen LogP) is 2.97. The first kappa shape index (κ1) is 13.1. The highest BCUT2D eigenvalue weighted by Crippen LogP contribution is 2.30. The highest BCUT2D eigenvalue weighted by atomic mass is 35.5. The van der Waals surface area contributed by atoms with Crippen LogP contribution >= 0.6 is 11.6 Å². The molecule has 18 heavy (non-hydrogen) atoms. The lowest BCUT2D eigenvalue weighted by Gasteiger charge is -2.19. The van der Waals surface area contributed by atoms with Crippen molar-refractivity contribution in [2.24, 2.45) is 4.99 Å². The van der Waals surface area contributed by atoms with E-state index < -0.39 is 6.67 Å². The molecule has 1 unspecified atom stereocenters. The van der Waals surface area contributed by atoms with Crippen molar-refractivity contribution in [3.05, 3.63) is 28.8 Å². The minimum Gasteiger partial charge on any atom is -0.481 e. The Morgan fingerprint density at radius 3 is 3.00 bits per heavy atom. The van der Waals surface area contributed by atoms with Gasteiger partial charge in [-0.25, -0.2) is 4.39 Å². The first-order valence-electron chi connectivity index (χ1n) is 6.04. The summed E-state index contributed by atoms with van der Waals surface area (Å²) in [6, 6.07) is 5.15. The number of nitrogens with one attached hydrogen (secondary N) is 1. The second-order valence-electron chi connectivity index (χ2n) is 4.07. The molecule has 1 aliphatic rings. The molecular weight excluding hydrogens is 255 g/mol. The van der Waals surface area contributed by atoms with Gasteiger partial charge in [0.1, 0.15) is 18.3 Å². The Hall–Kier alpha value is -1.29. The van der Waals surface area contributed by atoms with Crippen molar-refractivity contribution in [3.63, 3.8) is 0 Å². The Bertz CT molecular complexity index is 451. The molecular formula is C13H16ClFN2O. The monoisotopic (exact) mass is 270 g/mol. The highest BCUT2D eigenvalue weighted by molar-refractivity contribution is 6.32. The Morgan fingerprint density at radius 1 is 1.56 bits per heavy atom. The number of rotatable bonds is 5. The molecule has 0 aliphatic carbocycles. The number of hydrogen-bond donors (Lipinski definition) is 1. The number of benzene rings is 1. The molecule has 0 bridgehead atoms. The molecule has 0 fully saturated rings. The maximum atomic E-state index is 12.7. The molecule has 98 valence electrons. The lowest BCUT2D eigenvalue weighted by Crippen LogP contribution is -2.35. The molecule has 0 radical (unpaired) electrons. The van der Waals surface area contributed by atoms with Gasteiger partial charge in [-0.2, -0.15) is 0 Å². The van der Waals surface area contributed by atoms with E-state index in [1.165, 1.54) is 0 Å². The number of ether oxygens (including phenoxy) is 1. The van der Waals surface area contributed by atoms with E-state index in [1.54, 1.807) is 18.2 Å². The fourth-order valence-electron chi connectivity index (χ4n) is 1.87. The normalized spacial score (nSPS) is 16.1. The lowest BCUT2D eigenvalue weighted by molar-refractivity contribution is 0.259. The molecule has 1 heterocycles. The van der Waals surface area contributed by atoms with Gasteiger partial charge in [-0.3, -0.25) is 4.99 Å². The molecule has 5 heteroatoms. The average Bonchev–Trinajstić information content (AvgIpc) is 2.91. The molecule has 0 spiro atoms. The van der Waals surface area contributed by atoms with Crippen LogP contribution in [0.4, 0.5) is 4.39 Å². The summed E-state index contributed by atoms with van der Waals surface area (Å²) in [5.74, 6) is 1.36. The van der Waals surface area contributed by atoms with Crippen molar-refractivity contribution in [2.75, 3.05) is 13.1 Å². The summed E-state index contributed by atoms with van der Waals surface area (Å²) in [5, 5.41) is 3.53. The van der Waals surface area contributed by atoms with Crippen molar-refractivity contribution in [2.45, 2.75) is 26.1 Å². The zero-order valence-corrected chi connectivity index (χ0v) is 11.0. The van der Waals surface area contributed by atoms with Crippen LogP contribution in [0.15, 0.2) is 23.2 Å². The summed E-state index contributed by atoms with van der Waals surface area (Å²) in [6.45, 7) is 3.03. The largest absolute Gasteiger partial charge is 0.481 e. The van der Waals surface area contributed by atoms with Gasteiger partial charge in [-0.15, -0.1) is 0 Å². The van der Waals surface area contributed by atoms with Crippen LogP contribution in [0.5, 0.6) is 5.75 Å². The highest BCUT2D eigenvalue weighted by Gasteiger charge is 2.20. The van der Waals surface area contributed by atoms with Crippen molar-refractivity contribution in [1.29, 1.82) is 0 Å². The molecule has 1 aromatic rings. The van der Waals surface area contributed by atoms with Gasteiger partial charge >= 0.3 is 0 Å². The van der Waals surface area contributed by atoms with E-state index in [4.69, 9.17) is 16.3 Å². The first-order valence-corrected chi connectivity index (χ1v) is 6.42. The lowest BCUT2D eigenvalue weighted by atomic mass is 10.2. The molecule has 1 N–H and O–H groups in total. The summed E-state index contributed by atoms with van der Waals surface area (Å²) < 4.78 is 18.5. The van der Waals surface area contributed by atoms with E-state index in [2.05, 4.69) is 10.3 Å². The van der Waals surface area contributed by atoms with E-state index >= 15 is 0 Å². The zero-order chi connectivity index (χ0) is 13.0. The minimum atomic E-state index is -0.591. The SMILES string of the molecule is CCC(Oc1cccc(CF)c1Cl)C1=NCCN1. The summed E-state index contributed by atoms with van der Waals surface area (Å²) in [4.78, 5) is 4.34. The van der Waals surface area contributed by atoms with Gasteiger partial charge < -0.3 is 10.1 Å². The first-order chi connectivity index (χ1) is 8.76. The van der Waals surface area contributed by atoms with Gasteiger partial charge in [0, 0.05) is 12.1 Å². The van der Waals surface area contributed by atoms with E-state index in [1.807, 2.05) is 6.92 Å². The quantitative estimate of drug-likeness (QED) is 0.892. The van der Waals surface area contributed by atoms with Crippen LogP contribution in [0.1, 0.15) is 18.9 Å². The molecule has 0 saturated carbocycles. The third kappa shape index (κ3) is 2.75. The minimum absolute atomic E-state index is 0.153. The van der Waals surface area contributed by atoms with Crippen LogP contribution in [-0.2, 0) is 6.67 Å². The van der Waals surface area contributed by atoms with Crippen LogP contribution in [0, 0.1) is 0 Å². The predicted molar refractivity (Wildman–Crippen MR) is 71.3 cm³/mol. The number of halogens is 2. The van der Waals surface area contributed by atoms with Gasteiger partial charge in [0.2, 0.25) is 0 Å². The van der Waals surface area contributed by atoms with Gasteiger partial charge in [-0.05, 0) is 12.5 Å². The van der Waals surface area contributed by atoms with Crippen LogP contribution in [0.25, 0.3) is 0 Å². The Morgan fingerprint density at radius 2 is 2.39 bits per heavy atom. The number of nitrogens with zero attached hydrogens (tertiary/aromatic N) is 1. The molecule has 0 saturated heterocycles. The number of amidine groups is 1. The standard InChI is InChI=1S/C13H16ClFN2O/c1-2-10(13-16-6-7-17-13)18-11-5-3-4-9(8-15)12(11)14/h3-5,10H,2,6-8H2,1H3,(H,16,17). The van der Waals surface area contributed by atoms with Crippen LogP contribution in [0.2, 0.25) is 5.02 Å². The van der Waals surface area contributed by atoms with E-state index in [0.29, 0.717) is 16.3 Å². The number of hydrogen-bond acceptors (Lipinski definition) is 3. The summed E-state index contributed by atoms with van der Waals surface area (Å²) in [5.41, 5.74) is 0.449.